The maximum atomic E-state index is 2.26. The van der Waals surface area contributed by atoms with Gasteiger partial charge in [0.2, 0.25) is 0 Å². The van der Waals surface area contributed by atoms with Gasteiger partial charge in [0.15, 0.2) is 0 Å². The first kappa shape index (κ1) is 9.60. The number of benzene rings is 1. The number of allylic oxidation sites excluding steroid dienone is 3. The van der Waals surface area contributed by atoms with Gasteiger partial charge in [-0.05, 0) is 31.9 Å². The van der Waals surface area contributed by atoms with Gasteiger partial charge in [0.25, 0.3) is 0 Å². The fourth-order valence-electron chi connectivity index (χ4n) is 1.49. The molecule has 1 aromatic rings. The van der Waals surface area contributed by atoms with Gasteiger partial charge in [-0.3, -0.25) is 0 Å². The Hall–Kier alpha value is -0.950. The van der Waals surface area contributed by atoms with E-state index in [-0.39, 0.29) is 0 Å². The molecule has 0 atom stereocenters. The van der Waals surface area contributed by atoms with Crippen LogP contribution in [0.1, 0.15) is 19.8 Å². The van der Waals surface area contributed by atoms with Gasteiger partial charge in [0, 0.05) is 9.80 Å². The highest BCUT2D eigenvalue weighted by Crippen LogP contribution is 2.33. The molecule has 0 radical (unpaired) electrons. The number of rotatable bonds is 2. The second-order valence-electron chi connectivity index (χ2n) is 3.50. The first-order valence-electron chi connectivity index (χ1n) is 4.95. The number of hydrogen-bond donors (Lipinski definition) is 0. The van der Waals surface area contributed by atoms with Gasteiger partial charge in [0.1, 0.15) is 0 Å². The van der Waals surface area contributed by atoms with E-state index in [2.05, 4.69) is 49.4 Å². The van der Waals surface area contributed by atoms with Crippen LogP contribution in [0.4, 0.5) is 0 Å². The first-order valence-corrected chi connectivity index (χ1v) is 5.77. The normalized spacial score (nSPS) is 16.1. The van der Waals surface area contributed by atoms with Crippen molar-refractivity contribution in [2.45, 2.75) is 24.7 Å². The quantitative estimate of drug-likeness (QED) is 0.685. The highest BCUT2D eigenvalue weighted by Gasteiger charge is 2.05. The lowest BCUT2D eigenvalue weighted by atomic mass is 10.1. The minimum absolute atomic E-state index is 1.20. The Bertz CT molecular complexity index is 360. The Labute approximate surface area is 89.7 Å². The molecule has 0 aliphatic heterocycles. The smallest absolute Gasteiger partial charge is 0.0122 e. The van der Waals surface area contributed by atoms with Gasteiger partial charge in [0.05, 0.1) is 0 Å². The summed E-state index contributed by atoms with van der Waals surface area (Å²) < 4.78 is 0. The monoisotopic (exact) mass is 202 g/mol. The largest absolute Gasteiger partial charge is 0.0902 e. The van der Waals surface area contributed by atoms with Crippen LogP contribution in [-0.2, 0) is 0 Å². The van der Waals surface area contributed by atoms with Crippen molar-refractivity contribution in [3.8, 4) is 0 Å². The standard InChI is InChI=1S/C13H14S/c1-11-7-5-6-10-13(11)14-12-8-3-2-4-9-12/h2-4,6,8-10H,5,7H2,1H3. The molecular formula is C13H14S. The SMILES string of the molecule is CC1=C(Sc2ccccc2)C=CCC1. The highest BCUT2D eigenvalue weighted by atomic mass is 32.2. The van der Waals surface area contributed by atoms with Gasteiger partial charge in [-0.15, -0.1) is 0 Å². The molecule has 2 rings (SSSR count). The highest BCUT2D eigenvalue weighted by molar-refractivity contribution is 8.03. The maximum Gasteiger partial charge on any atom is 0.0122 e. The van der Waals surface area contributed by atoms with E-state index in [1.54, 1.807) is 0 Å². The lowest BCUT2D eigenvalue weighted by Crippen LogP contribution is -1.87. The predicted octanol–water partition coefficient (Wildman–Crippen LogP) is 4.40. The van der Waals surface area contributed by atoms with Crippen molar-refractivity contribution in [2.24, 2.45) is 0 Å². The van der Waals surface area contributed by atoms with E-state index < -0.39 is 0 Å². The number of thioether (sulfide) groups is 1. The molecule has 0 saturated carbocycles. The molecule has 1 aromatic carbocycles. The third kappa shape index (κ3) is 2.30. The molecule has 0 nitrogen and oxygen atoms in total. The molecule has 1 heteroatoms. The Balaban J connectivity index is 2.15. The van der Waals surface area contributed by atoms with E-state index in [4.69, 9.17) is 0 Å². The van der Waals surface area contributed by atoms with Crippen LogP contribution in [0.25, 0.3) is 0 Å². The fraction of sp³-hybridized carbons (Fsp3) is 0.231. The van der Waals surface area contributed by atoms with Crippen molar-refractivity contribution in [3.05, 3.63) is 53.0 Å². The summed E-state index contributed by atoms with van der Waals surface area (Å²) in [6, 6.07) is 10.6. The van der Waals surface area contributed by atoms with Crippen molar-refractivity contribution in [1.82, 2.24) is 0 Å². The summed E-state index contributed by atoms with van der Waals surface area (Å²) >= 11 is 1.87. The summed E-state index contributed by atoms with van der Waals surface area (Å²) in [6.45, 7) is 2.23. The van der Waals surface area contributed by atoms with Gasteiger partial charge in [-0.25, -0.2) is 0 Å². The van der Waals surface area contributed by atoms with Crippen LogP contribution in [0.5, 0.6) is 0 Å². The van der Waals surface area contributed by atoms with E-state index in [1.165, 1.54) is 28.2 Å². The summed E-state index contributed by atoms with van der Waals surface area (Å²) in [4.78, 5) is 2.75. The zero-order valence-electron chi connectivity index (χ0n) is 8.36. The topological polar surface area (TPSA) is 0 Å². The lowest BCUT2D eigenvalue weighted by Gasteiger charge is -2.11. The van der Waals surface area contributed by atoms with Crippen LogP contribution in [0, 0.1) is 0 Å². The fourth-order valence-corrected chi connectivity index (χ4v) is 2.48. The van der Waals surface area contributed by atoms with E-state index in [0.717, 1.165) is 0 Å². The van der Waals surface area contributed by atoms with E-state index >= 15 is 0 Å². The summed E-state index contributed by atoms with van der Waals surface area (Å²) in [7, 11) is 0. The number of hydrogen-bond acceptors (Lipinski definition) is 1. The van der Waals surface area contributed by atoms with Gasteiger partial charge < -0.3 is 0 Å². The zero-order chi connectivity index (χ0) is 9.80. The molecule has 0 saturated heterocycles. The summed E-state index contributed by atoms with van der Waals surface area (Å²) in [5.41, 5.74) is 1.52. The third-order valence-corrected chi connectivity index (χ3v) is 3.56. The zero-order valence-corrected chi connectivity index (χ0v) is 9.18. The van der Waals surface area contributed by atoms with E-state index in [0.29, 0.717) is 0 Å². The van der Waals surface area contributed by atoms with E-state index in [9.17, 15) is 0 Å². The molecule has 1 aliphatic carbocycles. The Kier molecular flexibility index (Phi) is 3.10. The molecule has 72 valence electrons. The molecule has 0 aromatic heterocycles. The van der Waals surface area contributed by atoms with Crippen molar-refractivity contribution in [3.63, 3.8) is 0 Å². The van der Waals surface area contributed by atoms with Gasteiger partial charge in [-0.2, -0.15) is 0 Å². The predicted molar refractivity (Wildman–Crippen MR) is 63.4 cm³/mol. The first-order chi connectivity index (χ1) is 6.86. The Morgan fingerprint density at radius 2 is 1.93 bits per heavy atom. The molecule has 1 aliphatic rings. The molecule has 0 fully saturated rings. The summed E-state index contributed by atoms with van der Waals surface area (Å²) in [6.07, 6.45) is 6.92. The third-order valence-electron chi connectivity index (χ3n) is 2.35. The van der Waals surface area contributed by atoms with Crippen LogP contribution in [-0.4, -0.2) is 0 Å². The molecule has 0 spiro atoms. The summed E-state index contributed by atoms with van der Waals surface area (Å²) in [5.74, 6) is 0. The van der Waals surface area contributed by atoms with Gasteiger partial charge in [-0.1, -0.05) is 47.7 Å². The van der Waals surface area contributed by atoms with Crippen molar-refractivity contribution < 1.29 is 0 Å². The van der Waals surface area contributed by atoms with Crippen LogP contribution >= 0.6 is 11.8 Å². The van der Waals surface area contributed by atoms with Crippen LogP contribution in [0.15, 0.2) is 57.9 Å². The van der Waals surface area contributed by atoms with Crippen LogP contribution in [0.3, 0.4) is 0 Å². The molecule has 0 N–H and O–H groups in total. The van der Waals surface area contributed by atoms with Crippen LogP contribution < -0.4 is 0 Å². The molecule has 0 bridgehead atoms. The minimum atomic E-state index is 1.20. The van der Waals surface area contributed by atoms with Gasteiger partial charge >= 0.3 is 0 Å². The molecule has 0 amide bonds. The maximum absolute atomic E-state index is 2.26. The molecule has 14 heavy (non-hydrogen) atoms. The molecular weight excluding hydrogens is 188 g/mol. The Morgan fingerprint density at radius 3 is 2.64 bits per heavy atom. The minimum Gasteiger partial charge on any atom is -0.0902 e. The second kappa shape index (κ2) is 4.52. The van der Waals surface area contributed by atoms with Crippen molar-refractivity contribution in [1.29, 1.82) is 0 Å². The molecule has 0 unspecified atom stereocenters. The molecule has 0 heterocycles. The average molecular weight is 202 g/mol. The second-order valence-corrected chi connectivity index (χ2v) is 4.62. The van der Waals surface area contributed by atoms with Crippen LogP contribution in [0.2, 0.25) is 0 Å². The Morgan fingerprint density at radius 1 is 1.14 bits per heavy atom. The van der Waals surface area contributed by atoms with Crippen molar-refractivity contribution >= 4 is 11.8 Å². The van der Waals surface area contributed by atoms with E-state index in [1.807, 2.05) is 11.8 Å². The van der Waals surface area contributed by atoms with Crippen molar-refractivity contribution in [2.75, 3.05) is 0 Å². The summed E-state index contributed by atoms with van der Waals surface area (Å²) in [5, 5.41) is 0. The average Bonchev–Trinajstić information content (AvgIpc) is 2.23. The lowest BCUT2D eigenvalue weighted by molar-refractivity contribution is 0.957.